The lowest BCUT2D eigenvalue weighted by Crippen LogP contribution is -2.34. The zero-order valence-corrected chi connectivity index (χ0v) is 6.40. The normalized spacial score (nSPS) is 40.8. The van der Waals surface area contributed by atoms with E-state index in [-0.39, 0.29) is 12.8 Å². The Morgan fingerprint density at radius 2 is 1.92 bits per heavy atom. The molecule has 0 aromatic carbocycles. The summed E-state index contributed by atoms with van der Waals surface area (Å²) in [5.41, 5.74) is 3.61. The Morgan fingerprint density at radius 1 is 1.50 bits per heavy atom. The fraction of sp³-hybridized carbons (Fsp3) is 0.714. The fourth-order valence-corrected chi connectivity index (χ4v) is 1.42. The molecule has 0 aromatic rings. The molecular weight excluding hydrogens is 160 g/mol. The fourth-order valence-electron chi connectivity index (χ4n) is 1.42. The minimum absolute atomic E-state index is 0.0694. The van der Waals surface area contributed by atoms with Crippen LogP contribution in [0.3, 0.4) is 0 Å². The van der Waals surface area contributed by atoms with Gasteiger partial charge in [-0.25, -0.2) is 0 Å². The number of nitriles is 1. The largest absolute Gasteiger partial charge is 0.390 e. The number of hydrogen-bond donors (Lipinski definition) is 3. The van der Waals surface area contributed by atoms with Gasteiger partial charge in [-0.15, -0.1) is 0 Å². The molecule has 12 heavy (non-hydrogen) atoms. The predicted molar refractivity (Wildman–Crippen MR) is 38.5 cm³/mol. The first kappa shape index (κ1) is 8.97. The van der Waals surface area contributed by atoms with Gasteiger partial charge in [-0.3, -0.25) is 4.79 Å². The van der Waals surface area contributed by atoms with Crippen molar-refractivity contribution >= 4 is 5.91 Å². The molecule has 1 unspecified atom stereocenters. The van der Waals surface area contributed by atoms with Crippen molar-refractivity contribution in [1.82, 2.24) is 0 Å². The molecule has 66 valence electrons. The number of primary amides is 1. The maximum Gasteiger partial charge on any atom is 0.238 e. The Balaban J connectivity index is 2.88. The summed E-state index contributed by atoms with van der Waals surface area (Å²) < 4.78 is 0. The molecule has 0 spiro atoms. The predicted octanol–water partition coefficient (Wildman–Crippen LogP) is -1.50. The van der Waals surface area contributed by atoms with Gasteiger partial charge < -0.3 is 15.9 Å². The third-order valence-electron chi connectivity index (χ3n) is 2.25. The number of aliphatic hydroxyl groups is 2. The molecule has 1 rings (SSSR count). The molecule has 0 saturated heterocycles. The van der Waals surface area contributed by atoms with E-state index in [4.69, 9.17) is 21.2 Å². The van der Waals surface area contributed by atoms with Crippen molar-refractivity contribution in [2.24, 2.45) is 11.1 Å². The molecule has 1 aliphatic carbocycles. The Hall–Kier alpha value is -1.12. The van der Waals surface area contributed by atoms with Crippen LogP contribution >= 0.6 is 0 Å². The highest BCUT2D eigenvalue weighted by molar-refractivity contribution is 5.84. The van der Waals surface area contributed by atoms with E-state index < -0.39 is 23.5 Å². The number of rotatable bonds is 1. The van der Waals surface area contributed by atoms with Crippen LogP contribution < -0.4 is 5.73 Å². The lowest BCUT2D eigenvalue weighted by atomic mass is 9.87. The molecule has 1 aliphatic rings. The second-order valence-corrected chi connectivity index (χ2v) is 3.10. The molecule has 3 atom stereocenters. The molecule has 0 radical (unpaired) electrons. The number of carbonyl (C=O) groups is 1. The first-order chi connectivity index (χ1) is 5.52. The van der Waals surface area contributed by atoms with Gasteiger partial charge in [0.1, 0.15) is 5.41 Å². The quantitative estimate of drug-likeness (QED) is 0.445. The van der Waals surface area contributed by atoms with Crippen molar-refractivity contribution in [2.45, 2.75) is 25.0 Å². The third-order valence-corrected chi connectivity index (χ3v) is 2.25. The first-order valence-electron chi connectivity index (χ1n) is 3.59. The van der Waals surface area contributed by atoms with Crippen molar-refractivity contribution in [2.75, 3.05) is 0 Å². The van der Waals surface area contributed by atoms with Crippen molar-refractivity contribution in [1.29, 1.82) is 5.26 Å². The van der Waals surface area contributed by atoms with E-state index in [2.05, 4.69) is 0 Å². The van der Waals surface area contributed by atoms with Crippen LogP contribution in [0, 0.1) is 16.7 Å². The molecule has 0 heterocycles. The number of nitrogens with zero attached hydrogens (tertiary/aromatic N) is 1. The van der Waals surface area contributed by atoms with E-state index in [9.17, 15) is 4.79 Å². The van der Waals surface area contributed by atoms with Crippen LogP contribution in [0.1, 0.15) is 12.8 Å². The van der Waals surface area contributed by atoms with Crippen molar-refractivity contribution in [3.8, 4) is 6.07 Å². The Morgan fingerprint density at radius 3 is 2.08 bits per heavy atom. The van der Waals surface area contributed by atoms with Gasteiger partial charge >= 0.3 is 0 Å². The zero-order chi connectivity index (χ0) is 9.35. The van der Waals surface area contributed by atoms with Crippen LogP contribution in [0.4, 0.5) is 0 Å². The van der Waals surface area contributed by atoms with Gasteiger partial charge in [0.25, 0.3) is 0 Å². The van der Waals surface area contributed by atoms with E-state index >= 15 is 0 Å². The highest BCUT2D eigenvalue weighted by Crippen LogP contribution is 2.37. The smallest absolute Gasteiger partial charge is 0.238 e. The van der Waals surface area contributed by atoms with Crippen LogP contribution in [0.5, 0.6) is 0 Å². The second-order valence-electron chi connectivity index (χ2n) is 3.10. The molecule has 0 bridgehead atoms. The number of hydrogen-bond acceptors (Lipinski definition) is 4. The summed E-state index contributed by atoms with van der Waals surface area (Å²) in [5, 5.41) is 26.9. The molecule has 1 fully saturated rings. The van der Waals surface area contributed by atoms with Gasteiger partial charge in [0.15, 0.2) is 0 Å². The van der Waals surface area contributed by atoms with Gasteiger partial charge in [-0.05, 0) is 0 Å². The summed E-state index contributed by atoms with van der Waals surface area (Å²) in [5.74, 6) is -0.777. The molecule has 4 N–H and O–H groups in total. The summed E-state index contributed by atoms with van der Waals surface area (Å²) in [6.07, 6.45) is -2.17. The molecule has 0 aromatic heterocycles. The minimum atomic E-state index is -1.38. The topological polar surface area (TPSA) is 107 Å². The lowest BCUT2D eigenvalue weighted by Gasteiger charge is -2.13. The van der Waals surface area contributed by atoms with Gasteiger partial charge in [0, 0.05) is 12.8 Å². The van der Waals surface area contributed by atoms with Gasteiger partial charge in [0.2, 0.25) is 5.91 Å². The van der Waals surface area contributed by atoms with E-state index in [1.807, 2.05) is 0 Å². The highest BCUT2D eigenvalue weighted by Gasteiger charge is 2.48. The molecule has 5 heteroatoms. The van der Waals surface area contributed by atoms with E-state index in [0.29, 0.717) is 0 Å². The van der Waals surface area contributed by atoms with Crippen LogP contribution in [-0.4, -0.2) is 28.3 Å². The first-order valence-corrected chi connectivity index (χ1v) is 3.59. The summed E-state index contributed by atoms with van der Waals surface area (Å²) in [4.78, 5) is 10.8. The standard InChI is InChI=1S/C7H10N2O3/c8-3-7(6(9)12)1-4(10)5(11)2-7/h4-5,10-11H,1-2H2,(H2,9,12)/t4-,5+,7?. The van der Waals surface area contributed by atoms with Crippen molar-refractivity contribution in [3.63, 3.8) is 0 Å². The summed E-state index contributed by atoms with van der Waals surface area (Å²) in [6, 6.07) is 1.74. The number of carbonyl (C=O) groups excluding carboxylic acids is 1. The average molecular weight is 170 g/mol. The number of nitrogens with two attached hydrogens (primary N) is 1. The Kier molecular flexibility index (Phi) is 2.04. The summed E-state index contributed by atoms with van der Waals surface area (Å²) in [6.45, 7) is 0. The van der Waals surface area contributed by atoms with Crippen LogP contribution in [0.15, 0.2) is 0 Å². The molecule has 0 aliphatic heterocycles. The lowest BCUT2D eigenvalue weighted by molar-refractivity contribution is -0.125. The van der Waals surface area contributed by atoms with Crippen LogP contribution in [0.2, 0.25) is 0 Å². The summed E-state index contributed by atoms with van der Waals surface area (Å²) in [7, 11) is 0. The Bertz CT molecular complexity index is 236. The number of amides is 1. The van der Waals surface area contributed by atoms with Gasteiger partial charge in [0.05, 0.1) is 18.3 Å². The highest BCUT2D eigenvalue weighted by atomic mass is 16.3. The SMILES string of the molecule is N#CC1(C(N)=O)C[C@@H](O)[C@@H](O)C1. The third kappa shape index (κ3) is 1.15. The summed E-state index contributed by atoms with van der Waals surface area (Å²) >= 11 is 0. The number of aliphatic hydroxyl groups excluding tert-OH is 2. The zero-order valence-electron chi connectivity index (χ0n) is 6.40. The molecule has 1 saturated carbocycles. The van der Waals surface area contributed by atoms with Gasteiger partial charge in [-0.2, -0.15) is 5.26 Å². The Labute approximate surface area is 69.4 Å². The van der Waals surface area contributed by atoms with E-state index in [1.165, 1.54) is 0 Å². The second kappa shape index (κ2) is 2.73. The van der Waals surface area contributed by atoms with Gasteiger partial charge in [-0.1, -0.05) is 0 Å². The van der Waals surface area contributed by atoms with Crippen molar-refractivity contribution in [3.05, 3.63) is 0 Å². The van der Waals surface area contributed by atoms with E-state index in [0.717, 1.165) is 0 Å². The maximum absolute atomic E-state index is 10.8. The molecule has 5 nitrogen and oxygen atoms in total. The van der Waals surface area contributed by atoms with Crippen molar-refractivity contribution < 1.29 is 15.0 Å². The molecular formula is C7H10N2O3. The maximum atomic E-state index is 10.8. The van der Waals surface area contributed by atoms with E-state index in [1.54, 1.807) is 6.07 Å². The average Bonchev–Trinajstić information content (AvgIpc) is 2.29. The van der Waals surface area contributed by atoms with Crippen LogP contribution in [0.25, 0.3) is 0 Å². The molecule has 1 amide bonds. The van der Waals surface area contributed by atoms with Crippen LogP contribution in [-0.2, 0) is 4.79 Å². The minimum Gasteiger partial charge on any atom is -0.390 e. The monoisotopic (exact) mass is 170 g/mol.